The van der Waals surface area contributed by atoms with Crippen LogP contribution in [0.5, 0.6) is 0 Å². The Kier molecular flexibility index (Phi) is 7.94. The van der Waals surface area contributed by atoms with E-state index in [1.165, 1.54) is 17.7 Å². The Bertz CT molecular complexity index is 768. The molecule has 142 valence electrons. The summed E-state index contributed by atoms with van der Waals surface area (Å²) in [5, 5.41) is 0.508. The normalized spacial score (nSPS) is 11.7. The summed E-state index contributed by atoms with van der Waals surface area (Å²) in [5.74, 6) is 0. The van der Waals surface area contributed by atoms with Gasteiger partial charge in [0.2, 0.25) is 0 Å². The molecule has 0 radical (unpaired) electrons. The molecule has 0 aromatic heterocycles. The fraction of sp³-hybridized carbons (Fsp3) is 0.400. The Morgan fingerprint density at radius 3 is 2.00 bits per heavy atom. The maximum Gasteiger partial charge on any atom is 0.261 e. The van der Waals surface area contributed by atoms with Crippen molar-refractivity contribution >= 4 is 27.3 Å². The van der Waals surface area contributed by atoms with Crippen LogP contribution in [0.15, 0.2) is 53.4 Å². The minimum atomic E-state index is -3.60. The first kappa shape index (κ1) is 20.7. The lowest BCUT2D eigenvalue weighted by Gasteiger charge is -2.20. The van der Waals surface area contributed by atoms with Crippen molar-refractivity contribution in [1.29, 1.82) is 0 Å². The fourth-order valence-corrected chi connectivity index (χ4v) is 4.01. The van der Waals surface area contributed by atoms with Crippen molar-refractivity contribution in [3.8, 4) is 0 Å². The Morgan fingerprint density at radius 1 is 0.885 bits per heavy atom. The number of halogens is 1. The quantitative estimate of drug-likeness (QED) is 0.629. The van der Waals surface area contributed by atoms with E-state index in [2.05, 4.69) is 23.5 Å². The highest BCUT2D eigenvalue weighted by atomic mass is 35.5. The molecule has 0 atom stereocenters. The van der Waals surface area contributed by atoms with Crippen LogP contribution in [0.25, 0.3) is 0 Å². The van der Waals surface area contributed by atoms with E-state index in [9.17, 15) is 8.42 Å². The van der Waals surface area contributed by atoms with Gasteiger partial charge in [0.25, 0.3) is 10.0 Å². The number of nitrogens with zero attached hydrogens (tertiary/aromatic N) is 1. The smallest absolute Gasteiger partial charge is 0.261 e. The molecule has 1 N–H and O–H groups in total. The lowest BCUT2D eigenvalue weighted by molar-refractivity contribution is 0.278. The minimum Gasteiger partial charge on any atom is -0.303 e. The maximum atomic E-state index is 12.4. The van der Waals surface area contributed by atoms with E-state index >= 15 is 0 Å². The van der Waals surface area contributed by atoms with Gasteiger partial charge in [0.15, 0.2) is 0 Å². The number of rotatable bonds is 10. The first-order valence-corrected chi connectivity index (χ1v) is 10.9. The molecule has 26 heavy (non-hydrogen) atoms. The number of benzene rings is 2. The third-order valence-electron chi connectivity index (χ3n) is 4.13. The number of nitrogens with one attached hydrogen (secondary N) is 1. The molecule has 0 aliphatic heterocycles. The third-order valence-corrected chi connectivity index (χ3v) is 5.78. The van der Waals surface area contributed by atoms with Crippen molar-refractivity contribution in [1.82, 2.24) is 4.90 Å². The molecule has 0 spiro atoms. The van der Waals surface area contributed by atoms with E-state index < -0.39 is 10.0 Å². The van der Waals surface area contributed by atoms with Crippen LogP contribution >= 0.6 is 11.6 Å². The summed E-state index contributed by atoms with van der Waals surface area (Å²) in [4.78, 5) is 2.66. The largest absolute Gasteiger partial charge is 0.303 e. The van der Waals surface area contributed by atoms with Crippen LogP contribution < -0.4 is 4.72 Å². The standard InChI is InChI=1S/C20H27ClN2O2S/c1-3-14-23(15-4-2)16-13-17-5-9-19(10-6-17)22-26(24,25)20-11-7-18(21)8-12-20/h5-12,22H,3-4,13-16H2,1-2H3. The molecule has 0 aliphatic rings. The number of sulfonamides is 1. The molecule has 2 rings (SSSR count). The highest BCUT2D eigenvalue weighted by Gasteiger charge is 2.13. The average Bonchev–Trinajstić information content (AvgIpc) is 2.61. The highest BCUT2D eigenvalue weighted by molar-refractivity contribution is 7.92. The number of anilines is 1. The molecule has 2 aromatic rings. The molecule has 0 saturated heterocycles. The van der Waals surface area contributed by atoms with Gasteiger partial charge in [-0.1, -0.05) is 37.6 Å². The molecule has 0 heterocycles. The van der Waals surface area contributed by atoms with Crippen molar-refractivity contribution in [2.75, 3.05) is 24.4 Å². The molecule has 2 aromatic carbocycles. The van der Waals surface area contributed by atoms with Crippen LogP contribution in [0.3, 0.4) is 0 Å². The van der Waals surface area contributed by atoms with Crippen molar-refractivity contribution in [3.63, 3.8) is 0 Å². The van der Waals surface area contributed by atoms with Crippen molar-refractivity contribution in [2.45, 2.75) is 38.0 Å². The average molecular weight is 395 g/mol. The van der Waals surface area contributed by atoms with E-state index in [0.29, 0.717) is 10.7 Å². The predicted octanol–water partition coefficient (Wildman–Crippen LogP) is 4.81. The van der Waals surface area contributed by atoms with Crippen molar-refractivity contribution in [2.24, 2.45) is 0 Å². The van der Waals surface area contributed by atoms with Crippen LogP contribution in [-0.4, -0.2) is 33.0 Å². The number of hydrogen-bond acceptors (Lipinski definition) is 3. The van der Waals surface area contributed by atoms with Gasteiger partial charge in [-0.05, 0) is 74.3 Å². The zero-order valence-electron chi connectivity index (χ0n) is 15.4. The van der Waals surface area contributed by atoms with Gasteiger partial charge in [0.1, 0.15) is 0 Å². The third kappa shape index (κ3) is 6.31. The molecule has 0 amide bonds. The van der Waals surface area contributed by atoms with Gasteiger partial charge >= 0.3 is 0 Å². The Hall–Kier alpha value is -1.56. The first-order chi connectivity index (χ1) is 12.4. The van der Waals surface area contributed by atoms with Crippen molar-refractivity contribution in [3.05, 3.63) is 59.1 Å². The predicted molar refractivity (Wildman–Crippen MR) is 109 cm³/mol. The van der Waals surface area contributed by atoms with E-state index in [0.717, 1.165) is 38.9 Å². The highest BCUT2D eigenvalue weighted by Crippen LogP contribution is 2.19. The molecular weight excluding hydrogens is 368 g/mol. The van der Waals surface area contributed by atoms with Gasteiger partial charge in [-0.15, -0.1) is 0 Å². The first-order valence-electron chi connectivity index (χ1n) is 9.04. The molecule has 6 heteroatoms. The van der Waals surface area contributed by atoms with E-state index in [1.54, 1.807) is 12.1 Å². The molecule has 4 nitrogen and oxygen atoms in total. The SMILES string of the molecule is CCCN(CCC)CCc1ccc(NS(=O)(=O)c2ccc(Cl)cc2)cc1. The summed E-state index contributed by atoms with van der Waals surface area (Å²) in [6.45, 7) is 7.66. The van der Waals surface area contributed by atoms with Crippen LogP contribution in [-0.2, 0) is 16.4 Å². The summed E-state index contributed by atoms with van der Waals surface area (Å²) >= 11 is 5.81. The van der Waals surface area contributed by atoms with Crippen LogP contribution in [0, 0.1) is 0 Å². The maximum absolute atomic E-state index is 12.4. The fourth-order valence-electron chi connectivity index (χ4n) is 2.82. The molecule has 0 aliphatic carbocycles. The summed E-state index contributed by atoms with van der Waals surface area (Å²) in [6, 6.07) is 13.7. The summed E-state index contributed by atoms with van der Waals surface area (Å²) < 4.78 is 27.4. The molecule has 0 bridgehead atoms. The van der Waals surface area contributed by atoms with E-state index in [-0.39, 0.29) is 4.90 Å². The summed E-state index contributed by atoms with van der Waals surface area (Å²) in [7, 11) is -3.60. The zero-order chi connectivity index (χ0) is 19.0. The summed E-state index contributed by atoms with van der Waals surface area (Å²) in [5.41, 5.74) is 1.76. The van der Waals surface area contributed by atoms with Crippen LogP contribution in [0.4, 0.5) is 5.69 Å². The topological polar surface area (TPSA) is 49.4 Å². The second kappa shape index (κ2) is 9.95. The summed E-state index contributed by atoms with van der Waals surface area (Å²) in [6.07, 6.45) is 3.28. The number of hydrogen-bond donors (Lipinski definition) is 1. The van der Waals surface area contributed by atoms with Crippen LogP contribution in [0.2, 0.25) is 5.02 Å². The lowest BCUT2D eigenvalue weighted by atomic mass is 10.1. The molecule has 0 saturated carbocycles. The van der Waals surface area contributed by atoms with E-state index in [1.807, 2.05) is 24.3 Å². The second-order valence-electron chi connectivity index (χ2n) is 6.35. The lowest BCUT2D eigenvalue weighted by Crippen LogP contribution is -2.27. The monoisotopic (exact) mass is 394 g/mol. The zero-order valence-corrected chi connectivity index (χ0v) is 17.0. The van der Waals surface area contributed by atoms with Gasteiger partial charge < -0.3 is 4.90 Å². The molecule has 0 unspecified atom stereocenters. The van der Waals surface area contributed by atoms with Crippen molar-refractivity contribution < 1.29 is 8.42 Å². The second-order valence-corrected chi connectivity index (χ2v) is 8.47. The van der Waals surface area contributed by atoms with Gasteiger partial charge in [0.05, 0.1) is 4.90 Å². The Labute approximate surface area is 162 Å². The van der Waals surface area contributed by atoms with Gasteiger partial charge in [-0.2, -0.15) is 0 Å². The molecular formula is C20H27ClN2O2S. The van der Waals surface area contributed by atoms with Crippen LogP contribution in [0.1, 0.15) is 32.3 Å². The van der Waals surface area contributed by atoms with Gasteiger partial charge in [-0.25, -0.2) is 8.42 Å². The van der Waals surface area contributed by atoms with Gasteiger partial charge in [-0.3, -0.25) is 4.72 Å². The van der Waals surface area contributed by atoms with E-state index in [4.69, 9.17) is 11.6 Å². The van der Waals surface area contributed by atoms with Gasteiger partial charge in [0, 0.05) is 17.3 Å². The Morgan fingerprint density at radius 2 is 1.46 bits per heavy atom. The minimum absolute atomic E-state index is 0.195. The molecule has 0 fully saturated rings. The Balaban J connectivity index is 1.97.